The van der Waals surface area contributed by atoms with Gasteiger partial charge >= 0.3 is 5.97 Å². The molecule has 2 aliphatic rings. The highest BCUT2D eigenvalue weighted by Crippen LogP contribution is 2.38. The Morgan fingerprint density at radius 1 is 1.55 bits per heavy atom. The predicted octanol–water partition coefficient (Wildman–Crippen LogP) is 1.95. The standard InChI is InChI=1S/C15H21N3O2/c1-20-14(19)11-3-7-16-13(9-11)18-12-4-8-17-15(10-12)5-2-6-15/h3,7,9,12,17H,2,4-6,8,10H2,1H3,(H,16,18). The second-order valence-corrected chi connectivity index (χ2v) is 5.82. The van der Waals surface area contributed by atoms with Gasteiger partial charge in [-0.3, -0.25) is 0 Å². The third-order valence-electron chi connectivity index (χ3n) is 4.47. The van der Waals surface area contributed by atoms with Crippen LogP contribution in [0, 0.1) is 0 Å². The number of carbonyl (C=O) groups is 1. The van der Waals surface area contributed by atoms with Crippen LogP contribution in [0.4, 0.5) is 5.82 Å². The minimum absolute atomic E-state index is 0.323. The monoisotopic (exact) mass is 275 g/mol. The molecule has 2 N–H and O–H groups in total. The Balaban J connectivity index is 1.66. The van der Waals surface area contributed by atoms with Gasteiger partial charge < -0.3 is 15.4 Å². The number of piperidine rings is 1. The molecular formula is C15H21N3O2. The second kappa shape index (κ2) is 5.40. The summed E-state index contributed by atoms with van der Waals surface area (Å²) in [6, 6.07) is 3.87. The summed E-state index contributed by atoms with van der Waals surface area (Å²) in [7, 11) is 1.39. The van der Waals surface area contributed by atoms with Crippen LogP contribution in [0.2, 0.25) is 0 Å². The number of aromatic nitrogens is 1. The van der Waals surface area contributed by atoms with Crippen LogP contribution in [-0.2, 0) is 4.74 Å². The van der Waals surface area contributed by atoms with Crippen molar-refractivity contribution in [2.24, 2.45) is 0 Å². The molecule has 1 unspecified atom stereocenters. The van der Waals surface area contributed by atoms with Gasteiger partial charge in [0.15, 0.2) is 0 Å². The number of nitrogens with one attached hydrogen (secondary N) is 2. The van der Waals surface area contributed by atoms with Crippen LogP contribution in [0.1, 0.15) is 42.5 Å². The molecule has 5 nitrogen and oxygen atoms in total. The first-order chi connectivity index (χ1) is 9.71. The highest BCUT2D eigenvalue weighted by Gasteiger charge is 2.40. The average Bonchev–Trinajstić information content (AvgIpc) is 2.45. The SMILES string of the molecule is COC(=O)c1ccnc(NC2CCNC3(CCC3)C2)c1. The molecule has 1 saturated carbocycles. The Morgan fingerprint density at radius 2 is 2.40 bits per heavy atom. The first-order valence-corrected chi connectivity index (χ1v) is 7.27. The first kappa shape index (κ1) is 13.4. The molecular weight excluding hydrogens is 254 g/mol. The van der Waals surface area contributed by atoms with Crippen molar-refractivity contribution in [3.63, 3.8) is 0 Å². The number of carbonyl (C=O) groups excluding carboxylic acids is 1. The molecule has 1 spiro atoms. The molecule has 1 atom stereocenters. The summed E-state index contributed by atoms with van der Waals surface area (Å²) in [4.78, 5) is 15.8. The van der Waals surface area contributed by atoms with Crippen LogP contribution in [-0.4, -0.2) is 36.2 Å². The van der Waals surface area contributed by atoms with E-state index in [0.717, 1.165) is 25.2 Å². The number of methoxy groups -OCH3 is 1. The molecule has 5 heteroatoms. The zero-order valence-electron chi connectivity index (χ0n) is 11.8. The van der Waals surface area contributed by atoms with Crippen molar-refractivity contribution < 1.29 is 9.53 Å². The fourth-order valence-electron chi connectivity index (χ4n) is 3.23. The molecule has 1 aliphatic heterocycles. The molecule has 1 aliphatic carbocycles. The van der Waals surface area contributed by atoms with Gasteiger partial charge in [-0.2, -0.15) is 0 Å². The predicted molar refractivity (Wildman–Crippen MR) is 76.8 cm³/mol. The largest absolute Gasteiger partial charge is 0.465 e. The minimum atomic E-state index is -0.323. The molecule has 2 heterocycles. The number of rotatable bonds is 3. The fraction of sp³-hybridized carbons (Fsp3) is 0.600. The van der Waals surface area contributed by atoms with Crippen molar-refractivity contribution in [2.45, 2.75) is 43.7 Å². The molecule has 1 saturated heterocycles. The van der Waals surface area contributed by atoms with E-state index in [1.807, 2.05) is 0 Å². The summed E-state index contributed by atoms with van der Waals surface area (Å²) in [6.07, 6.45) is 7.76. The van der Waals surface area contributed by atoms with E-state index < -0.39 is 0 Å². The van der Waals surface area contributed by atoms with Gasteiger partial charge in [0.05, 0.1) is 12.7 Å². The first-order valence-electron chi connectivity index (χ1n) is 7.27. The fourth-order valence-corrected chi connectivity index (χ4v) is 3.23. The Hall–Kier alpha value is -1.62. The van der Waals surface area contributed by atoms with Gasteiger partial charge in [-0.05, 0) is 50.8 Å². The van der Waals surface area contributed by atoms with Crippen LogP contribution < -0.4 is 10.6 Å². The van der Waals surface area contributed by atoms with Crippen LogP contribution in [0.15, 0.2) is 18.3 Å². The lowest BCUT2D eigenvalue weighted by molar-refractivity contribution is 0.0600. The van der Waals surface area contributed by atoms with Crippen LogP contribution >= 0.6 is 0 Å². The normalized spacial score (nSPS) is 23.9. The van der Waals surface area contributed by atoms with Gasteiger partial charge in [-0.1, -0.05) is 0 Å². The van der Waals surface area contributed by atoms with E-state index >= 15 is 0 Å². The van der Waals surface area contributed by atoms with Gasteiger partial charge in [0.25, 0.3) is 0 Å². The van der Waals surface area contributed by atoms with Crippen LogP contribution in [0.25, 0.3) is 0 Å². The number of pyridine rings is 1. The molecule has 2 fully saturated rings. The number of hydrogen-bond acceptors (Lipinski definition) is 5. The summed E-state index contributed by atoms with van der Waals surface area (Å²) in [5.74, 6) is 0.436. The summed E-state index contributed by atoms with van der Waals surface area (Å²) in [5, 5.41) is 7.12. The minimum Gasteiger partial charge on any atom is -0.465 e. The lowest BCUT2D eigenvalue weighted by Crippen LogP contribution is -2.58. The molecule has 0 amide bonds. The maximum absolute atomic E-state index is 11.5. The lowest BCUT2D eigenvalue weighted by Gasteiger charge is -2.48. The maximum Gasteiger partial charge on any atom is 0.338 e. The average molecular weight is 275 g/mol. The van der Waals surface area contributed by atoms with Gasteiger partial charge in [-0.15, -0.1) is 0 Å². The maximum atomic E-state index is 11.5. The van der Waals surface area contributed by atoms with Gasteiger partial charge in [0.1, 0.15) is 5.82 Å². The lowest BCUT2D eigenvalue weighted by atomic mass is 9.70. The van der Waals surface area contributed by atoms with Crippen molar-refractivity contribution >= 4 is 11.8 Å². The third-order valence-corrected chi connectivity index (χ3v) is 4.47. The number of esters is 1. The number of ether oxygens (including phenoxy) is 1. The summed E-state index contributed by atoms with van der Waals surface area (Å²) in [6.45, 7) is 1.05. The zero-order valence-corrected chi connectivity index (χ0v) is 11.8. The van der Waals surface area contributed by atoms with Crippen molar-refractivity contribution in [1.29, 1.82) is 0 Å². The highest BCUT2D eigenvalue weighted by atomic mass is 16.5. The molecule has 108 valence electrons. The smallest absolute Gasteiger partial charge is 0.338 e. The van der Waals surface area contributed by atoms with Crippen molar-refractivity contribution in [1.82, 2.24) is 10.3 Å². The van der Waals surface area contributed by atoms with Crippen LogP contribution in [0.3, 0.4) is 0 Å². The van der Waals surface area contributed by atoms with Crippen LogP contribution in [0.5, 0.6) is 0 Å². The summed E-state index contributed by atoms with van der Waals surface area (Å²) in [5.41, 5.74) is 0.896. The molecule has 1 aromatic rings. The van der Waals surface area contributed by atoms with Crippen molar-refractivity contribution in [3.05, 3.63) is 23.9 Å². The van der Waals surface area contributed by atoms with Gasteiger partial charge in [0, 0.05) is 17.8 Å². The third kappa shape index (κ3) is 2.63. The van der Waals surface area contributed by atoms with E-state index in [-0.39, 0.29) is 5.97 Å². The molecule has 0 aromatic carbocycles. The highest BCUT2D eigenvalue weighted by molar-refractivity contribution is 5.89. The Morgan fingerprint density at radius 3 is 3.10 bits per heavy atom. The van der Waals surface area contributed by atoms with E-state index in [9.17, 15) is 4.79 Å². The summed E-state index contributed by atoms with van der Waals surface area (Å²) >= 11 is 0. The molecule has 1 aromatic heterocycles. The zero-order chi connectivity index (χ0) is 14.0. The van der Waals surface area contributed by atoms with Gasteiger partial charge in [-0.25, -0.2) is 9.78 Å². The molecule has 20 heavy (non-hydrogen) atoms. The molecule has 0 radical (unpaired) electrons. The van der Waals surface area contributed by atoms with Crippen molar-refractivity contribution in [3.8, 4) is 0 Å². The van der Waals surface area contributed by atoms with Crippen molar-refractivity contribution in [2.75, 3.05) is 19.0 Å². The van der Waals surface area contributed by atoms with E-state index in [4.69, 9.17) is 4.74 Å². The van der Waals surface area contributed by atoms with E-state index in [0.29, 0.717) is 17.1 Å². The molecule has 3 rings (SSSR count). The second-order valence-electron chi connectivity index (χ2n) is 5.82. The Bertz CT molecular complexity index is 500. The van der Waals surface area contributed by atoms with E-state index in [2.05, 4.69) is 15.6 Å². The number of anilines is 1. The van der Waals surface area contributed by atoms with E-state index in [1.54, 1.807) is 18.3 Å². The Labute approximate surface area is 119 Å². The quantitative estimate of drug-likeness (QED) is 0.826. The van der Waals surface area contributed by atoms with E-state index in [1.165, 1.54) is 26.4 Å². The Kier molecular flexibility index (Phi) is 3.61. The number of hydrogen-bond donors (Lipinski definition) is 2. The molecule has 0 bridgehead atoms. The topological polar surface area (TPSA) is 63.2 Å². The van der Waals surface area contributed by atoms with Gasteiger partial charge in [0.2, 0.25) is 0 Å². The number of nitrogens with zero attached hydrogens (tertiary/aromatic N) is 1. The summed E-state index contributed by atoms with van der Waals surface area (Å²) < 4.78 is 4.74.